The van der Waals surface area contributed by atoms with Crippen LogP contribution in [0.15, 0.2) is 60.2 Å². The number of carbonyl (C=O) groups is 1. The minimum atomic E-state index is -0.333. The van der Waals surface area contributed by atoms with Crippen molar-refractivity contribution in [3.8, 4) is 0 Å². The fourth-order valence-electron chi connectivity index (χ4n) is 2.83. The van der Waals surface area contributed by atoms with Crippen molar-refractivity contribution in [3.63, 3.8) is 0 Å². The zero-order valence-electron chi connectivity index (χ0n) is 12.0. The maximum Gasteiger partial charge on any atom is 0.246 e. The molecule has 0 saturated carbocycles. The second kappa shape index (κ2) is 5.44. The van der Waals surface area contributed by atoms with Gasteiger partial charge in [-0.05, 0) is 24.1 Å². The lowest BCUT2D eigenvalue weighted by molar-refractivity contribution is -0.114. The molecule has 0 fully saturated rings. The highest BCUT2D eigenvalue weighted by Gasteiger charge is 2.24. The van der Waals surface area contributed by atoms with Gasteiger partial charge >= 0.3 is 0 Å². The molecule has 0 aliphatic carbocycles. The van der Waals surface area contributed by atoms with Crippen LogP contribution in [0.2, 0.25) is 0 Å². The van der Waals surface area contributed by atoms with Gasteiger partial charge in [0.05, 0.1) is 0 Å². The van der Waals surface area contributed by atoms with E-state index in [2.05, 4.69) is 23.1 Å². The van der Waals surface area contributed by atoms with E-state index >= 15 is 0 Å². The number of para-hydroxylation sites is 1. The van der Waals surface area contributed by atoms with Gasteiger partial charge in [-0.15, -0.1) is 0 Å². The van der Waals surface area contributed by atoms with Gasteiger partial charge < -0.3 is 10.6 Å². The lowest BCUT2D eigenvalue weighted by atomic mass is 9.94. The van der Waals surface area contributed by atoms with Gasteiger partial charge in [0.1, 0.15) is 0 Å². The van der Waals surface area contributed by atoms with Crippen molar-refractivity contribution in [2.45, 2.75) is 13.5 Å². The Hall–Kier alpha value is -2.55. The monoisotopic (exact) mass is 278 g/mol. The Morgan fingerprint density at radius 1 is 1.10 bits per heavy atom. The lowest BCUT2D eigenvalue weighted by Crippen LogP contribution is -2.34. The summed E-state index contributed by atoms with van der Waals surface area (Å²) in [6.07, 6.45) is 0. The van der Waals surface area contributed by atoms with Crippen molar-refractivity contribution in [1.82, 2.24) is 0 Å². The van der Waals surface area contributed by atoms with Crippen molar-refractivity contribution in [2.75, 3.05) is 11.4 Å². The minimum absolute atomic E-state index is 0.333. The van der Waals surface area contributed by atoms with Crippen LogP contribution >= 0.6 is 0 Å². The van der Waals surface area contributed by atoms with Gasteiger partial charge in [-0.3, -0.25) is 4.79 Å². The van der Waals surface area contributed by atoms with Crippen LogP contribution in [0.25, 0.3) is 5.57 Å². The molecule has 106 valence electrons. The highest BCUT2D eigenvalue weighted by atomic mass is 16.1. The number of nitrogens with two attached hydrogens (primary N) is 1. The molecule has 0 bridgehead atoms. The Morgan fingerprint density at radius 3 is 2.48 bits per heavy atom. The predicted molar refractivity (Wildman–Crippen MR) is 85.7 cm³/mol. The van der Waals surface area contributed by atoms with Crippen molar-refractivity contribution in [3.05, 3.63) is 71.3 Å². The number of hydrogen-bond acceptors (Lipinski definition) is 2. The Bertz CT molecular complexity index is 704. The number of allylic oxidation sites excluding steroid dienone is 1. The van der Waals surface area contributed by atoms with Crippen LogP contribution in [0.3, 0.4) is 0 Å². The van der Waals surface area contributed by atoms with Crippen LogP contribution in [0.4, 0.5) is 5.69 Å². The number of fused-ring (bicyclic) bond motifs is 1. The standard InChI is InChI=1S/C18H18N2O/c1-13-15-9-5-6-10-17(15)20(12-16(13)18(19)21)11-14-7-3-2-4-8-14/h2-10H,11-12H2,1H3,(H2,19,21). The lowest BCUT2D eigenvalue weighted by Gasteiger charge is -2.33. The molecule has 0 saturated heterocycles. The Kier molecular flexibility index (Phi) is 3.48. The zero-order valence-corrected chi connectivity index (χ0v) is 12.0. The van der Waals surface area contributed by atoms with Crippen LogP contribution in [0, 0.1) is 0 Å². The third-order valence-electron chi connectivity index (χ3n) is 3.96. The summed E-state index contributed by atoms with van der Waals surface area (Å²) in [6, 6.07) is 18.4. The van der Waals surface area contributed by atoms with Crippen LogP contribution in [-0.4, -0.2) is 12.5 Å². The van der Waals surface area contributed by atoms with Gasteiger partial charge in [0.25, 0.3) is 0 Å². The molecule has 2 N–H and O–H groups in total. The third-order valence-corrected chi connectivity index (χ3v) is 3.96. The first-order valence-corrected chi connectivity index (χ1v) is 7.04. The fourth-order valence-corrected chi connectivity index (χ4v) is 2.83. The van der Waals surface area contributed by atoms with Gasteiger partial charge in [0.2, 0.25) is 5.91 Å². The number of anilines is 1. The van der Waals surface area contributed by atoms with E-state index in [1.807, 2.05) is 43.3 Å². The van der Waals surface area contributed by atoms with Crippen LogP contribution in [-0.2, 0) is 11.3 Å². The topological polar surface area (TPSA) is 46.3 Å². The van der Waals surface area contributed by atoms with E-state index in [4.69, 9.17) is 5.73 Å². The largest absolute Gasteiger partial charge is 0.366 e. The van der Waals surface area contributed by atoms with Crippen molar-refractivity contribution in [1.29, 1.82) is 0 Å². The van der Waals surface area contributed by atoms with Gasteiger partial charge in [-0.25, -0.2) is 0 Å². The molecule has 1 aliphatic heterocycles. The third kappa shape index (κ3) is 2.55. The molecule has 0 atom stereocenters. The van der Waals surface area contributed by atoms with E-state index < -0.39 is 0 Å². The molecular weight excluding hydrogens is 260 g/mol. The van der Waals surface area contributed by atoms with Crippen LogP contribution in [0.1, 0.15) is 18.1 Å². The first kappa shape index (κ1) is 13.4. The van der Waals surface area contributed by atoms with E-state index in [-0.39, 0.29) is 5.91 Å². The summed E-state index contributed by atoms with van der Waals surface area (Å²) in [7, 11) is 0. The Balaban J connectivity index is 2.02. The summed E-state index contributed by atoms with van der Waals surface area (Å²) in [5.74, 6) is -0.333. The number of benzene rings is 2. The van der Waals surface area contributed by atoms with Crippen LogP contribution in [0.5, 0.6) is 0 Å². The van der Waals surface area contributed by atoms with Crippen molar-refractivity contribution in [2.24, 2.45) is 5.73 Å². The van der Waals surface area contributed by atoms with Crippen molar-refractivity contribution < 1.29 is 4.79 Å². The normalized spacial score (nSPS) is 14.0. The molecule has 0 unspecified atom stereocenters. The summed E-state index contributed by atoms with van der Waals surface area (Å²) in [5.41, 5.74) is 10.7. The van der Waals surface area contributed by atoms with Gasteiger partial charge in [0.15, 0.2) is 0 Å². The molecule has 3 heteroatoms. The smallest absolute Gasteiger partial charge is 0.246 e. The van der Waals surface area contributed by atoms with Gasteiger partial charge in [0, 0.05) is 29.9 Å². The molecule has 1 aliphatic rings. The number of rotatable bonds is 3. The SMILES string of the molecule is CC1=C(C(N)=O)CN(Cc2ccccc2)c2ccccc21. The molecule has 0 aromatic heterocycles. The quantitative estimate of drug-likeness (QED) is 0.938. The summed E-state index contributed by atoms with van der Waals surface area (Å²) in [5, 5.41) is 0. The summed E-state index contributed by atoms with van der Waals surface area (Å²) >= 11 is 0. The number of nitrogens with zero attached hydrogens (tertiary/aromatic N) is 1. The number of carbonyl (C=O) groups excluding carboxylic acids is 1. The van der Waals surface area contributed by atoms with Crippen LogP contribution < -0.4 is 10.6 Å². The number of hydrogen-bond donors (Lipinski definition) is 1. The molecule has 3 nitrogen and oxygen atoms in total. The minimum Gasteiger partial charge on any atom is -0.366 e. The first-order valence-electron chi connectivity index (χ1n) is 7.04. The van der Waals surface area contributed by atoms with Gasteiger partial charge in [-0.1, -0.05) is 48.5 Å². The van der Waals surface area contributed by atoms with Gasteiger partial charge in [-0.2, -0.15) is 0 Å². The first-order chi connectivity index (χ1) is 10.2. The molecule has 0 spiro atoms. The second-order valence-electron chi connectivity index (χ2n) is 5.33. The average Bonchev–Trinajstić information content (AvgIpc) is 2.51. The predicted octanol–water partition coefficient (Wildman–Crippen LogP) is 2.97. The molecule has 1 heterocycles. The Morgan fingerprint density at radius 2 is 1.76 bits per heavy atom. The van der Waals surface area contributed by atoms with E-state index in [9.17, 15) is 4.79 Å². The number of primary amides is 1. The molecule has 2 aromatic carbocycles. The molecule has 1 amide bonds. The molecule has 0 radical (unpaired) electrons. The van der Waals surface area contributed by atoms with E-state index in [1.54, 1.807) is 0 Å². The highest BCUT2D eigenvalue weighted by Crippen LogP contribution is 2.35. The molecular formula is C18H18N2O. The molecule has 3 rings (SSSR count). The highest BCUT2D eigenvalue weighted by molar-refractivity contribution is 6.03. The molecule has 2 aromatic rings. The Labute approximate surface area is 124 Å². The summed E-state index contributed by atoms with van der Waals surface area (Å²) in [6.45, 7) is 3.30. The second-order valence-corrected chi connectivity index (χ2v) is 5.33. The van der Waals surface area contributed by atoms with E-state index in [0.29, 0.717) is 12.1 Å². The maximum atomic E-state index is 11.7. The van der Waals surface area contributed by atoms with Crippen molar-refractivity contribution >= 4 is 17.2 Å². The zero-order chi connectivity index (χ0) is 14.8. The van der Waals surface area contributed by atoms with E-state index in [0.717, 1.165) is 23.4 Å². The van der Waals surface area contributed by atoms with E-state index in [1.165, 1.54) is 5.56 Å². The number of amides is 1. The summed E-state index contributed by atoms with van der Waals surface area (Å²) in [4.78, 5) is 13.9. The summed E-state index contributed by atoms with van der Waals surface area (Å²) < 4.78 is 0. The fraction of sp³-hybridized carbons (Fsp3) is 0.167. The maximum absolute atomic E-state index is 11.7. The average molecular weight is 278 g/mol. The molecule has 21 heavy (non-hydrogen) atoms.